The number of phenols is 1. The summed E-state index contributed by atoms with van der Waals surface area (Å²) in [5.41, 5.74) is -0.574. The van der Waals surface area contributed by atoms with Crippen LogP contribution < -0.4 is 4.74 Å². The van der Waals surface area contributed by atoms with Crippen LogP contribution in [-0.4, -0.2) is 11.1 Å². The highest BCUT2D eigenvalue weighted by Crippen LogP contribution is 2.50. The van der Waals surface area contributed by atoms with Crippen molar-refractivity contribution in [2.24, 2.45) is 5.41 Å². The van der Waals surface area contributed by atoms with Gasteiger partial charge in [0.05, 0.1) is 23.3 Å². The summed E-state index contributed by atoms with van der Waals surface area (Å²) in [5.74, 6) is 0.0114. The molecule has 0 fully saturated rings. The molecule has 0 aliphatic heterocycles. The molecule has 0 saturated carbocycles. The lowest BCUT2D eigenvalue weighted by Gasteiger charge is -2.22. The second-order valence-corrected chi connectivity index (χ2v) is 7.73. The maximum absolute atomic E-state index is 12.1. The van der Waals surface area contributed by atoms with Gasteiger partial charge in [-0.25, -0.2) is 0 Å². The van der Waals surface area contributed by atoms with E-state index < -0.39 is 5.41 Å². The molecule has 0 aliphatic rings. The SMILES string of the molecule is CCC(C)(C)C(=O)Oc1c(Br)c(Br)c(O)c(Br)c1Br. The van der Waals surface area contributed by atoms with Crippen molar-refractivity contribution in [1.82, 2.24) is 0 Å². The van der Waals surface area contributed by atoms with Gasteiger partial charge in [-0.1, -0.05) is 6.92 Å². The number of esters is 1. The predicted octanol–water partition coefficient (Wildman–Crippen LogP) is 5.78. The Morgan fingerprint density at radius 3 is 1.89 bits per heavy atom. The highest BCUT2D eigenvalue weighted by atomic mass is 79.9. The summed E-state index contributed by atoms with van der Waals surface area (Å²) in [5, 5.41) is 9.84. The van der Waals surface area contributed by atoms with E-state index in [4.69, 9.17) is 4.74 Å². The van der Waals surface area contributed by atoms with Gasteiger partial charge >= 0.3 is 5.97 Å². The van der Waals surface area contributed by atoms with E-state index in [0.29, 0.717) is 30.1 Å². The minimum atomic E-state index is -0.574. The summed E-state index contributed by atoms with van der Waals surface area (Å²) >= 11 is 13.1. The third-order valence-corrected chi connectivity index (χ3v) is 6.95. The molecule has 0 atom stereocenters. The van der Waals surface area contributed by atoms with Crippen LogP contribution in [0.5, 0.6) is 11.5 Å². The number of carbonyl (C=O) groups excluding carboxylic acids is 1. The molecule has 1 rings (SSSR count). The minimum absolute atomic E-state index is 0.0216. The zero-order valence-corrected chi connectivity index (χ0v) is 16.8. The van der Waals surface area contributed by atoms with Crippen molar-refractivity contribution in [1.29, 1.82) is 0 Å². The molecule has 1 aromatic rings. The van der Waals surface area contributed by atoms with Crippen molar-refractivity contribution in [3.8, 4) is 11.5 Å². The quantitative estimate of drug-likeness (QED) is 0.310. The predicted molar refractivity (Wildman–Crippen MR) is 88.6 cm³/mol. The fourth-order valence-corrected chi connectivity index (χ4v) is 3.29. The number of hydrogen-bond acceptors (Lipinski definition) is 3. The Balaban J connectivity index is 3.27. The maximum atomic E-state index is 12.1. The van der Waals surface area contributed by atoms with Gasteiger partial charge in [0.25, 0.3) is 0 Å². The van der Waals surface area contributed by atoms with Crippen molar-refractivity contribution < 1.29 is 14.6 Å². The lowest BCUT2D eigenvalue weighted by atomic mass is 9.91. The summed E-state index contributed by atoms with van der Waals surface area (Å²) in [6.45, 7) is 5.57. The molecule has 1 N–H and O–H groups in total. The highest BCUT2D eigenvalue weighted by Gasteiger charge is 2.30. The Labute approximate surface area is 145 Å². The van der Waals surface area contributed by atoms with Crippen LogP contribution in [0, 0.1) is 5.41 Å². The van der Waals surface area contributed by atoms with Crippen molar-refractivity contribution in [2.75, 3.05) is 0 Å². The summed E-state index contributed by atoms with van der Waals surface area (Å²) in [7, 11) is 0. The van der Waals surface area contributed by atoms with Crippen LogP contribution in [0.1, 0.15) is 27.2 Å². The summed E-state index contributed by atoms with van der Waals surface area (Å²) in [6.07, 6.45) is 0.668. The van der Waals surface area contributed by atoms with Crippen LogP contribution in [0.25, 0.3) is 0 Å². The average Bonchev–Trinajstić information content (AvgIpc) is 2.38. The van der Waals surface area contributed by atoms with Crippen LogP contribution in [0.2, 0.25) is 0 Å². The Morgan fingerprint density at radius 1 is 1.11 bits per heavy atom. The Bertz CT molecular complexity index is 497. The first-order chi connectivity index (χ1) is 8.63. The van der Waals surface area contributed by atoms with Crippen LogP contribution in [0.15, 0.2) is 17.9 Å². The first kappa shape index (κ1) is 17.5. The molecular formula is C12H12Br4O3. The van der Waals surface area contributed by atoms with Crippen molar-refractivity contribution in [2.45, 2.75) is 27.2 Å². The van der Waals surface area contributed by atoms with Gasteiger partial charge < -0.3 is 9.84 Å². The van der Waals surface area contributed by atoms with Crippen LogP contribution in [0.4, 0.5) is 0 Å². The van der Waals surface area contributed by atoms with E-state index in [2.05, 4.69) is 63.7 Å². The number of halogens is 4. The normalized spacial score (nSPS) is 11.5. The number of rotatable bonds is 3. The fraction of sp³-hybridized carbons (Fsp3) is 0.417. The number of phenolic OH excluding ortho intramolecular Hbond substituents is 1. The molecule has 0 bridgehead atoms. The van der Waals surface area contributed by atoms with E-state index in [9.17, 15) is 9.90 Å². The van der Waals surface area contributed by atoms with Gasteiger partial charge in [0.2, 0.25) is 0 Å². The number of hydrogen-bond donors (Lipinski definition) is 1. The highest BCUT2D eigenvalue weighted by molar-refractivity contribution is 9.14. The standard InChI is InChI=1S/C12H12Br4O3/c1-4-12(2,3)11(18)19-10-7(15)5(13)9(17)6(14)8(10)16/h17H,4H2,1-3H3. The lowest BCUT2D eigenvalue weighted by molar-refractivity contribution is -0.144. The van der Waals surface area contributed by atoms with Gasteiger partial charge in [-0.05, 0) is 84.0 Å². The number of benzene rings is 1. The van der Waals surface area contributed by atoms with Crippen molar-refractivity contribution in [3.05, 3.63) is 17.9 Å². The van der Waals surface area contributed by atoms with Gasteiger partial charge in [0.15, 0.2) is 5.75 Å². The monoisotopic (exact) mass is 520 g/mol. The van der Waals surface area contributed by atoms with Crippen LogP contribution >= 0.6 is 63.7 Å². The molecule has 0 aliphatic carbocycles. The van der Waals surface area contributed by atoms with E-state index >= 15 is 0 Å². The van der Waals surface area contributed by atoms with E-state index in [1.165, 1.54) is 0 Å². The lowest BCUT2D eigenvalue weighted by Crippen LogP contribution is -2.28. The van der Waals surface area contributed by atoms with Crippen LogP contribution in [-0.2, 0) is 4.79 Å². The maximum Gasteiger partial charge on any atom is 0.316 e. The molecule has 0 heterocycles. The summed E-state index contributed by atoms with van der Waals surface area (Å²) < 4.78 is 7.22. The first-order valence-electron chi connectivity index (χ1n) is 5.40. The van der Waals surface area contributed by atoms with Crippen molar-refractivity contribution >= 4 is 69.7 Å². The molecule has 0 amide bonds. The summed E-state index contributed by atoms with van der Waals surface area (Å²) in [6, 6.07) is 0. The molecule has 1 aromatic carbocycles. The smallest absolute Gasteiger partial charge is 0.316 e. The zero-order chi connectivity index (χ0) is 15.0. The Hall–Kier alpha value is 0.410. The fourth-order valence-electron chi connectivity index (χ4n) is 1.06. The first-order valence-corrected chi connectivity index (χ1v) is 8.57. The van der Waals surface area contributed by atoms with E-state index in [0.717, 1.165) is 0 Å². The second-order valence-electron chi connectivity index (χ2n) is 4.56. The Kier molecular flexibility index (Phi) is 5.93. The third kappa shape index (κ3) is 3.54. The number of aromatic hydroxyl groups is 1. The average molecular weight is 524 g/mol. The summed E-state index contributed by atoms with van der Waals surface area (Å²) in [4.78, 5) is 12.1. The minimum Gasteiger partial charge on any atom is -0.505 e. The molecule has 3 nitrogen and oxygen atoms in total. The molecule has 7 heteroatoms. The van der Waals surface area contributed by atoms with Gasteiger partial charge in [-0.15, -0.1) is 0 Å². The van der Waals surface area contributed by atoms with Gasteiger partial charge in [-0.3, -0.25) is 4.79 Å². The van der Waals surface area contributed by atoms with Gasteiger partial charge in [0, 0.05) is 0 Å². The van der Waals surface area contributed by atoms with E-state index in [1.54, 1.807) is 0 Å². The molecule has 0 saturated heterocycles. The van der Waals surface area contributed by atoms with Gasteiger partial charge in [-0.2, -0.15) is 0 Å². The molecule has 0 aromatic heterocycles. The molecule has 0 unspecified atom stereocenters. The van der Waals surface area contributed by atoms with Crippen LogP contribution in [0.3, 0.4) is 0 Å². The van der Waals surface area contributed by atoms with Crippen molar-refractivity contribution in [3.63, 3.8) is 0 Å². The van der Waals surface area contributed by atoms with E-state index in [-0.39, 0.29) is 11.7 Å². The van der Waals surface area contributed by atoms with Gasteiger partial charge in [0.1, 0.15) is 5.75 Å². The second kappa shape index (κ2) is 6.45. The molecular weight excluding hydrogens is 512 g/mol. The number of carbonyl (C=O) groups is 1. The van der Waals surface area contributed by atoms with E-state index in [1.807, 2.05) is 20.8 Å². The molecule has 0 radical (unpaired) electrons. The third-order valence-electron chi connectivity index (χ3n) is 2.83. The molecule has 106 valence electrons. The largest absolute Gasteiger partial charge is 0.505 e. The molecule has 19 heavy (non-hydrogen) atoms. The topological polar surface area (TPSA) is 46.5 Å². The zero-order valence-electron chi connectivity index (χ0n) is 10.5. The molecule has 0 spiro atoms. The number of ether oxygens (including phenoxy) is 1. The Morgan fingerprint density at radius 2 is 1.53 bits per heavy atom.